The highest BCUT2D eigenvalue weighted by atomic mass is 16.5. The summed E-state index contributed by atoms with van der Waals surface area (Å²) in [5.74, 6) is -0.552. The lowest BCUT2D eigenvalue weighted by Crippen LogP contribution is -2.56. The Morgan fingerprint density at radius 3 is 2.90 bits per heavy atom. The average Bonchev–Trinajstić information content (AvgIpc) is 3.33. The average molecular weight is 284 g/mol. The molecule has 21 heavy (non-hydrogen) atoms. The van der Waals surface area contributed by atoms with E-state index in [1.165, 1.54) is 12.8 Å². The van der Waals surface area contributed by atoms with Gasteiger partial charge in [0, 0.05) is 31.1 Å². The zero-order valence-corrected chi connectivity index (χ0v) is 12.0. The first kappa shape index (κ1) is 12.9. The van der Waals surface area contributed by atoms with Crippen LogP contribution in [0.25, 0.3) is 6.08 Å². The molecule has 3 aliphatic rings. The summed E-state index contributed by atoms with van der Waals surface area (Å²) in [4.78, 5) is 14.5. The van der Waals surface area contributed by atoms with Crippen molar-refractivity contribution < 1.29 is 9.53 Å². The third-order valence-electron chi connectivity index (χ3n) is 5.10. The van der Waals surface area contributed by atoms with Gasteiger partial charge in [-0.15, -0.1) is 0 Å². The van der Waals surface area contributed by atoms with E-state index in [4.69, 9.17) is 10.5 Å². The van der Waals surface area contributed by atoms with E-state index in [1.807, 2.05) is 18.2 Å². The number of carbonyl (C=O) groups is 1. The smallest absolute Gasteiger partial charge is 0.226 e. The van der Waals surface area contributed by atoms with E-state index < -0.39 is 5.60 Å². The van der Waals surface area contributed by atoms with Crippen LogP contribution in [0.1, 0.15) is 30.4 Å². The molecule has 1 unspecified atom stereocenters. The van der Waals surface area contributed by atoms with Crippen molar-refractivity contribution in [2.75, 3.05) is 13.1 Å². The van der Waals surface area contributed by atoms with E-state index >= 15 is 0 Å². The van der Waals surface area contributed by atoms with Gasteiger partial charge in [-0.05, 0) is 24.5 Å². The number of likely N-dealkylation sites (tertiary alicyclic amines) is 1. The van der Waals surface area contributed by atoms with Gasteiger partial charge >= 0.3 is 0 Å². The number of hydrogen-bond acceptors (Lipinski definition) is 3. The van der Waals surface area contributed by atoms with Crippen molar-refractivity contribution in [2.45, 2.75) is 30.9 Å². The van der Waals surface area contributed by atoms with E-state index in [1.54, 1.807) is 6.26 Å². The van der Waals surface area contributed by atoms with Crippen molar-refractivity contribution in [3.63, 3.8) is 0 Å². The van der Waals surface area contributed by atoms with Gasteiger partial charge < -0.3 is 10.5 Å². The molecule has 2 heterocycles. The minimum absolute atomic E-state index is 0.259. The Bertz CT molecular complexity index is 609. The van der Waals surface area contributed by atoms with E-state index in [0.717, 1.165) is 24.1 Å². The highest BCUT2D eigenvalue weighted by molar-refractivity contribution is 5.79. The van der Waals surface area contributed by atoms with Crippen molar-refractivity contribution in [2.24, 2.45) is 11.7 Å². The van der Waals surface area contributed by atoms with E-state index in [2.05, 4.69) is 17.0 Å². The fourth-order valence-electron chi connectivity index (χ4n) is 3.83. The quantitative estimate of drug-likeness (QED) is 0.901. The molecule has 110 valence electrons. The molecule has 4 rings (SSSR count). The summed E-state index contributed by atoms with van der Waals surface area (Å²) in [7, 11) is 0. The Kier molecular flexibility index (Phi) is 2.82. The Morgan fingerprint density at radius 1 is 1.33 bits per heavy atom. The second kappa shape index (κ2) is 4.60. The number of carbonyl (C=O) groups excluding carboxylic acids is 1. The summed E-state index contributed by atoms with van der Waals surface area (Å²) in [6.45, 7) is 1.68. The number of benzene rings is 1. The molecule has 1 saturated heterocycles. The maximum Gasteiger partial charge on any atom is 0.226 e. The van der Waals surface area contributed by atoms with Crippen molar-refractivity contribution >= 4 is 12.0 Å². The van der Waals surface area contributed by atoms with Crippen molar-refractivity contribution in [1.29, 1.82) is 0 Å². The molecule has 0 bridgehead atoms. The molecule has 1 spiro atoms. The third-order valence-corrected chi connectivity index (χ3v) is 5.10. The predicted octanol–water partition coefficient (Wildman–Crippen LogP) is 1.85. The Morgan fingerprint density at radius 2 is 2.14 bits per heavy atom. The first-order valence-electron chi connectivity index (χ1n) is 7.68. The maximum atomic E-state index is 12.1. The van der Waals surface area contributed by atoms with E-state index in [9.17, 15) is 4.79 Å². The van der Waals surface area contributed by atoms with Crippen molar-refractivity contribution in [3.8, 4) is 0 Å². The fourth-order valence-corrected chi connectivity index (χ4v) is 3.83. The number of piperidine rings is 1. The second-order valence-corrected chi connectivity index (χ2v) is 6.33. The zero-order valence-electron chi connectivity index (χ0n) is 12.0. The molecule has 2 fully saturated rings. The zero-order chi connectivity index (χ0) is 14.4. The van der Waals surface area contributed by atoms with Gasteiger partial charge in [-0.25, -0.2) is 0 Å². The van der Waals surface area contributed by atoms with Crippen LogP contribution < -0.4 is 5.73 Å². The number of nitrogens with zero attached hydrogens (tertiary/aromatic N) is 1. The third kappa shape index (κ3) is 1.97. The molecule has 1 saturated carbocycles. The van der Waals surface area contributed by atoms with Crippen LogP contribution in [0.3, 0.4) is 0 Å². The molecule has 4 nitrogen and oxygen atoms in total. The number of primary amides is 1. The lowest BCUT2D eigenvalue weighted by Gasteiger charge is -2.47. The van der Waals surface area contributed by atoms with Crippen molar-refractivity contribution in [3.05, 3.63) is 41.7 Å². The molecule has 0 aromatic heterocycles. The summed E-state index contributed by atoms with van der Waals surface area (Å²) in [6, 6.07) is 8.82. The molecular weight excluding hydrogens is 264 g/mol. The molecule has 2 aliphatic heterocycles. The molecular formula is C17H20N2O2. The normalized spacial score (nSPS) is 31.7. The lowest BCUT2D eigenvalue weighted by molar-refractivity contribution is -0.142. The predicted molar refractivity (Wildman–Crippen MR) is 80.1 cm³/mol. The molecule has 1 aromatic carbocycles. The van der Waals surface area contributed by atoms with Gasteiger partial charge in [0.15, 0.2) is 0 Å². The Hall–Kier alpha value is -1.81. The highest BCUT2D eigenvalue weighted by Gasteiger charge is 2.52. The first-order valence-corrected chi connectivity index (χ1v) is 7.68. The van der Waals surface area contributed by atoms with Crippen LogP contribution in [-0.2, 0) is 15.1 Å². The standard InChI is InChI=1S/C17H20N2O2/c18-16(20)15-11-19(13-5-6-13)9-8-17(15)14-4-2-1-3-12(14)7-10-21-17/h1-4,7,10,13,15H,5-6,8-9,11H2,(H2,18,20)/t15-,17?/m0/s1. The van der Waals surface area contributed by atoms with Gasteiger partial charge in [0.05, 0.1) is 12.2 Å². The Balaban J connectivity index is 1.75. The van der Waals surface area contributed by atoms with Crippen molar-refractivity contribution in [1.82, 2.24) is 4.90 Å². The topological polar surface area (TPSA) is 55.6 Å². The molecule has 2 atom stereocenters. The number of hydrogen-bond donors (Lipinski definition) is 1. The van der Waals surface area contributed by atoms with Crippen LogP contribution >= 0.6 is 0 Å². The first-order chi connectivity index (χ1) is 10.2. The SMILES string of the molecule is NC(=O)[C@@H]1CN(C2CC2)CCC12OC=Cc1ccccc12. The van der Waals surface area contributed by atoms with Gasteiger partial charge in [0.1, 0.15) is 5.60 Å². The van der Waals surface area contributed by atoms with Gasteiger partial charge in [0.25, 0.3) is 0 Å². The molecule has 4 heteroatoms. The van der Waals surface area contributed by atoms with Crippen LogP contribution in [0.4, 0.5) is 0 Å². The van der Waals surface area contributed by atoms with Gasteiger partial charge in [0.2, 0.25) is 5.91 Å². The summed E-state index contributed by atoms with van der Waals surface area (Å²) in [6.07, 6.45) is 7.00. The number of rotatable bonds is 2. The maximum absolute atomic E-state index is 12.1. The van der Waals surface area contributed by atoms with E-state index in [0.29, 0.717) is 12.6 Å². The highest BCUT2D eigenvalue weighted by Crippen LogP contribution is 2.46. The minimum atomic E-state index is -0.581. The summed E-state index contributed by atoms with van der Waals surface area (Å²) >= 11 is 0. The molecule has 0 radical (unpaired) electrons. The number of ether oxygens (including phenoxy) is 1. The largest absolute Gasteiger partial charge is 0.489 e. The summed E-state index contributed by atoms with van der Waals surface area (Å²) in [5, 5.41) is 0. The van der Waals surface area contributed by atoms with Crippen LogP contribution in [0.15, 0.2) is 30.5 Å². The van der Waals surface area contributed by atoms with Crippen LogP contribution in [0, 0.1) is 5.92 Å². The van der Waals surface area contributed by atoms with Crippen LogP contribution in [0.5, 0.6) is 0 Å². The summed E-state index contributed by atoms with van der Waals surface area (Å²) in [5.41, 5.74) is 7.40. The van der Waals surface area contributed by atoms with E-state index in [-0.39, 0.29) is 11.8 Å². The Labute approximate surface area is 124 Å². The van der Waals surface area contributed by atoms with Crippen LogP contribution in [-0.4, -0.2) is 29.9 Å². The number of nitrogens with two attached hydrogens (primary N) is 1. The monoisotopic (exact) mass is 284 g/mol. The number of amides is 1. The molecule has 1 aliphatic carbocycles. The molecule has 1 aromatic rings. The van der Waals surface area contributed by atoms with Gasteiger partial charge in [-0.2, -0.15) is 0 Å². The fraction of sp³-hybridized carbons (Fsp3) is 0.471. The minimum Gasteiger partial charge on any atom is -0.489 e. The number of fused-ring (bicyclic) bond motifs is 2. The second-order valence-electron chi connectivity index (χ2n) is 6.33. The molecule has 2 N–H and O–H groups in total. The lowest BCUT2D eigenvalue weighted by atomic mass is 9.73. The van der Waals surface area contributed by atoms with Gasteiger partial charge in [-0.3, -0.25) is 9.69 Å². The summed E-state index contributed by atoms with van der Waals surface area (Å²) < 4.78 is 6.05. The molecule has 1 amide bonds. The van der Waals surface area contributed by atoms with Gasteiger partial charge in [-0.1, -0.05) is 24.3 Å². The van der Waals surface area contributed by atoms with Crippen LogP contribution in [0.2, 0.25) is 0 Å².